The van der Waals surface area contributed by atoms with Crippen molar-refractivity contribution in [3.63, 3.8) is 0 Å². The van der Waals surface area contributed by atoms with Crippen LogP contribution in [0.3, 0.4) is 0 Å². The SMILES string of the molecule is O=C1[C@H]2C[C@@H]2C2(OCCO2)[C@@H]2C[C@@H]12. The van der Waals surface area contributed by atoms with Crippen molar-refractivity contribution in [2.75, 3.05) is 13.2 Å². The van der Waals surface area contributed by atoms with Gasteiger partial charge in [0.2, 0.25) is 0 Å². The number of rotatable bonds is 0. The van der Waals surface area contributed by atoms with Crippen LogP contribution in [0.4, 0.5) is 0 Å². The number of Topliss-reactive ketones (excluding diaryl/α,β-unsaturated/α-hetero) is 1. The molecule has 3 heteroatoms. The third-order valence-electron chi connectivity index (χ3n) is 4.08. The van der Waals surface area contributed by atoms with E-state index in [0.29, 0.717) is 29.5 Å². The molecule has 0 aromatic heterocycles. The highest BCUT2D eigenvalue weighted by atomic mass is 16.7. The molecular formula is C10H12O3. The maximum Gasteiger partial charge on any atom is 0.175 e. The number of ether oxygens (including phenoxy) is 2. The van der Waals surface area contributed by atoms with Crippen LogP contribution in [0.1, 0.15) is 12.8 Å². The van der Waals surface area contributed by atoms with Gasteiger partial charge in [-0.05, 0) is 12.8 Å². The quantitative estimate of drug-likeness (QED) is 0.547. The molecule has 0 amide bonds. The van der Waals surface area contributed by atoms with E-state index in [1.54, 1.807) is 0 Å². The normalized spacial score (nSPS) is 54.6. The first-order valence-electron chi connectivity index (χ1n) is 5.14. The molecule has 1 aliphatic heterocycles. The van der Waals surface area contributed by atoms with E-state index in [4.69, 9.17) is 9.47 Å². The Bertz CT molecular complexity index is 271. The van der Waals surface area contributed by atoms with Crippen LogP contribution in [0.25, 0.3) is 0 Å². The highest BCUT2D eigenvalue weighted by molar-refractivity contribution is 5.90. The maximum absolute atomic E-state index is 11.6. The molecule has 4 fully saturated rings. The molecule has 0 aromatic carbocycles. The van der Waals surface area contributed by atoms with Crippen LogP contribution >= 0.6 is 0 Å². The molecule has 0 aromatic rings. The van der Waals surface area contributed by atoms with Gasteiger partial charge in [-0.3, -0.25) is 4.79 Å². The molecule has 1 saturated heterocycles. The minimum atomic E-state index is -0.302. The van der Waals surface area contributed by atoms with Gasteiger partial charge in [0.15, 0.2) is 5.79 Å². The number of hydrogen-bond acceptors (Lipinski definition) is 3. The Morgan fingerprint density at radius 3 is 2.15 bits per heavy atom. The number of ketones is 1. The Morgan fingerprint density at radius 2 is 1.62 bits per heavy atom. The summed E-state index contributed by atoms with van der Waals surface area (Å²) in [5, 5.41) is 0. The van der Waals surface area contributed by atoms with Gasteiger partial charge in [-0.2, -0.15) is 0 Å². The molecule has 70 valence electrons. The van der Waals surface area contributed by atoms with E-state index in [2.05, 4.69) is 0 Å². The topological polar surface area (TPSA) is 35.5 Å². The zero-order valence-electron chi connectivity index (χ0n) is 7.36. The summed E-state index contributed by atoms with van der Waals surface area (Å²) in [4.78, 5) is 11.6. The van der Waals surface area contributed by atoms with Crippen LogP contribution < -0.4 is 0 Å². The molecule has 1 spiro atoms. The predicted octanol–water partition coefficient (Wildman–Crippen LogP) is 0.584. The largest absolute Gasteiger partial charge is 0.347 e. The maximum atomic E-state index is 11.6. The van der Waals surface area contributed by atoms with E-state index in [1.807, 2.05) is 0 Å². The predicted molar refractivity (Wildman–Crippen MR) is 42.8 cm³/mol. The summed E-state index contributed by atoms with van der Waals surface area (Å²) in [6.45, 7) is 1.45. The summed E-state index contributed by atoms with van der Waals surface area (Å²) in [6.07, 6.45) is 2.04. The molecule has 3 aliphatic carbocycles. The van der Waals surface area contributed by atoms with Gasteiger partial charge in [-0.25, -0.2) is 0 Å². The summed E-state index contributed by atoms with van der Waals surface area (Å²) >= 11 is 0. The van der Waals surface area contributed by atoms with Crippen LogP contribution in [-0.2, 0) is 14.3 Å². The van der Waals surface area contributed by atoms with E-state index in [0.717, 1.165) is 26.1 Å². The van der Waals surface area contributed by atoms with E-state index in [-0.39, 0.29) is 5.79 Å². The fraction of sp³-hybridized carbons (Fsp3) is 0.900. The number of carbonyl (C=O) groups excluding carboxylic acids is 1. The van der Waals surface area contributed by atoms with Crippen molar-refractivity contribution < 1.29 is 14.3 Å². The molecule has 3 saturated carbocycles. The summed E-state index contributed by atoms with van der Waals surface area (Å²) < 4.78 is 11.5. The second-order valence-corrected chi connectivity index (χ2v) is 4.72. The van der Waals surface area contributed by atoms with Gasteiger partial charge in [-0.1, -0.05) is 0 Å². The van der Waals surface area contributed by atoms with Crippen LogP contribution in [0.5, 0.6) is 0 Å². The monoisotopic (exact) mass is 180 g/mol. The fourth-order valence-electron chi connectivity index (χ4n) is 3.33. The minimum Gasteiger partial charge on any atom is -0.347 e. The Hall–Kier alpha value is -0.410. The van der Waals surface area contributed by atoms with E-state index in [9.17, 15) is 4.79 Å². The van der Waals surface area contributed by atoms with E-state index >= 15 is 0 Å². The first-order valence-corrected chi connectivity index (χ1v) is 5.14. The minimum absolute atomic E-state index is 0.293. The van der Waals surface area contributed by atoms with Gasteiger partial charge in [0, 0.05) is 23.7 Å². The molecule has 0 N–H and O–H groups in total. The van der Waals surface area contributed by atoms with Crippen LogP contribution in [-0.4, -0.2) is 24.8 Å². The molecular weight excluding hydrogens is 168 g/mol. The zero-order chi connectivity index (χ0) is 8.63. The van der Waals surface area contributed by atoms with Gasteiger partial charge in [0.05, 0.1) is 13.2 Å². The second kappa shape index (κ2) is 1.84. The Kier molecular flexibility index (Phi) is 0.984. The fourth-order valence-corrected chi connectivity index (χ4v) is 3.33. The lowest BCUT2D eigenvalue weighted by molar-refractivity contribution is -0.200. The summed E-state index contributed by atoms with van der Waals surface area (Å²) in [6, 6.07) is 0. The van der Waals surface area contributed by atoms with Crippen LogP contribution in [0.2, 0.25) is 0 Å². The lowest BCUT2D eigenvalue weighted by Crippen LogP contribution is -2.41. The van der Waals surface area contributed by atoms with E-state index in [1.165, 1.54) is 0 Å². The van der Waals surface area contributed by atoms with Crippen molar-refractivity contribution in [1.29, 1.82) is 0 Å². The van der Waals surface area contributed by atoms with Crippen molar-refractivity contribution in [2.24, 2.45) is 23.7 Å². The van der Waals surface area contributed by atoms with E-state index < -0.39 is 0 Å². The summed E-state index contributed by atoms with van der Waals surface area (Å²) in [7, 11) is 0. The molecule has 3 nitrogen and oxygen atoms in total. The van der Waals surface area contributed by atoms with Crippen LogP contribution in [0, 0.1) is 23.7 Å². The molecule has 0 unspecified atom stereocenters. The molecule has 4 atom stereocenters. The number of hydrogen-bond donors (Lipinski definition) is 0. The van der Waals surface area contributed by atoms with Gasteiger partial charge in [0.1, 0.15) is 5.78 Å². The zero-order valence-corrected chi connectivity index (χ0v) is 7.36. The summed E-state index contributed by atoms with van der Waals surface area (Å²) in [5.41, 5.74) is 0. The van der Waals surface area contributed by atoms with Gasteiger partial charge < -0.3 is 9.47 Å². The van der Waals surface area contributed by atoms with Gasteiger partial charge >= 0.3 is 0 Å². The number of carbonyl (C=O) groups is 1. The first-order chi connectivity index (χ1) is 6.33. The smallest absolute Gasteiger partial charge is 0.175 e. The highest BCUT2D eigenvalue weighted by Gasteiger charge is 2.74. The van der Waals surface area contributed by atoms with Gasteiger partial charge in [-0.15, -0.1) is 0 Å². The molecule has 1 heterocycles. The average molecular weight is 180 g/mol. The first kappa shape index (κ1) is 6.96. The van der Waals surface area contributed by atoms with Gasteiger partial charge in [0.25, 0.3) is 0 Å². The lowest BCUT2D eigenvalue weighted by atomic mass is 9.93. The Labute approximate surface area is 76.4 Å². The number of fused-ring (bicyclic) bond motifs is 4. The highest BCUT2D eigenvalue weighted by Crippen LogP contribution is 2.68. The third-order valence-corrected chi connectivity index (χ3v) is 4.08. The van der Waals surface area contributed by atoms with Crippen molar-refractivity contribution in [2.45, 2.75) is 18.6 Å². The van der Waals surface area contributed by atoms with Crippen molar-refractivity contribution in [1.82, 2.24) is 0 Å². The van der Waals surface area contributed by atoms with Crippen molar-refractivity contribution in [3.05, 3.63) is 0 Å². The standard InChI is InChI=1S/C10H12O3/c11-9-5-3-7(5)10(8-4-6(8)9)12-1-2-13-10/h5-8H,1-4H2/t5-,6+,7-,8+. The molecule has 13 heavy (non-hydrogen) atoms. The van der Waals surface area contributed by atoms with Crippen molar-refractivity contribution >= 4 is 5.78 Å². The third kappa shape index (κ3) is 0.647. The lowest BCUT2D eigenvalue weighted by Gasteiger charge is -2.30. The average Bonchev–Trinajstić information content (AvgIpc) is 3.02. The molecule has 4 rings (SSSR count). The van der Waals surface area contributed by atoms with Crippen molar-refractivity contribution in [3.8, 4) is 0 Å². The molecule has 0 bridgehead atoms. The Morgan fingerprint density at radius 1 is 1.08 bits per heavy atom. The van der Waals surface area contributed by atoms with Crippen LogP contribution in [0.15, 0.2) is 0 Å². The molecule has 4 aliphatic rings. The Balaban J connectivity index is 1.76. The summed E-state index contributed by atoms with van der Waals surface area (Å²) in [5.74, 6) is 1.60. The molecule has 0 radical (unpaired) electrons. The second-order valence-electron chi connectivity index (χ2n) is 4.72.